The summed E-state index contributed by atoms with van der Waals surface area (Å²) >= 11 is 0. The highest BCUT2D eigenvalue weighted by Gasteiger charge is 2.30. The smallest absolute Gasteiger partial charge is 0.305 e. The first-order chi connectivity index (χ1) is 8.30. The molecule has 0 aromatic heterocycles. The average molecular weight is 257 g/mol. The highest BCUT2D eigenvalue weighted by molar-refractivity contribution is 5.91. The number of ether oxygens (including phenoxy) is 2. The highest BCUT2D eigenvalue weighted by atomic mass is 16.6. The topological polar surface area (TPSA) is 84.9 Å². The number of nitrogens with one attached hydrogen (secondary N) is 1. The lowest BCUT2D eigenvalue weighted by Gasteiger charge is -2.30. The van der Waals surface area contributed by atoms with Gasteiger partial charge < -0.3 is 19.9 Å². The van der Waals surface area contributed by atoms with Crippen LogP contribution in [0.2, 0.25) is 0 Å². The molecule has 0 saturated carbocycles. The number of carboxylic acids is 1. The quantitative estimate of drug-likeness (QED) is 0.781. The van der Waals surface area contributed by atoms with Gasteiger partial charge in [-0.3, -0.25) is 9.59 Å². The number of rotatable bonds is 4. The van der Waals surface area contributed by atoms with E-state index in [0.717, 1.165) is 0 Å². The predicted octanol–water partition coefficient (Wildman–Crippen LogP) is 0.880. The summed E-state index contributed by atoms with van der Waals surface area (Å²) in [6, 6.07) is -0.478. The molecule has 0 spiro atoms. The van der Waals surface area contributed by atoms with Gasteiger partial charge in [0, 0.05) is 6.04 Å². The summed E-state index contributed by atoms with van der Waals surface area (Å²) in [6.45, 7) is 6.33. The fourth-order valence-electron chi connectivity index (χ4n) is 1.47. The molecule has 18 heavy (non-hydrogen) atoms. The standard InChI is InChI=1S/C12H19NO5/c1-12(2,3)9(6-10(14)15)13-11(16)8-7-17-4-5-18-8/h7,9H,4-6H2,1-3H3,(H,13,16)(H,14,15). The Bertz CT molecular complexity index is 356. The largest absolute Gasteiger partial charge is 0.494 e. The molecule has 1 heterocycles. The van der Waals surface area contributed by atoms with Gasteiger partial charge >= 0.3 is 5.97 Å². The van der Waals surface area contributed by atoms with Crippen LogP contribution in [0.25, 0.3) is 0 Å². The highest BCUT2D eigenvalue weighted by Crippen LogP contribution is 2.22. The maximum atomic E-state index is 11.9. The monoisotopic (exact) mass is 257 g/mol. The van der Waals surface area contributed by atoms with Crippen LogP contribution in [0.4, 0.5) is 0 Å². The van der Waals surface area contributed by atoms with E-state index in [-0.39, 0.29) is 17.6 Å². The number of amides is 1. The van der Waals surface area contributed by atoms with Crippen molar-refractivity contribution in [2.24, 2.45) is 5.41 Å². The minimum atomic E-state index is -0.954. The van der Waals surface area contributed by atoms with Gasteiger partial charge in [-0.2, -0.15) is 0 Å². The second kappa shape index (κ2) is 5.75. The third-order valence-electron chi connectivity index (χ3n) is 2.60. The van der Waals surface area contributed by atoms with Crippen LogP contribution in [-0.4, -0.2) is 36.2 Å². The predicted molar refractivity (Wildman–Crippen MR) is 63.6 cm³/mol. The fourth-order valence-corrected chi connectivity index (χ4v) is 1.47. The van der Waals surface area contributed by atoms with Crippen LogP contribution in [0.5, 0.6) is 0 Å². The molecule has 1 atom stereocenters. The molecule has 1 aliphatic rings. The Morgan fingerprint density at radius 1 is 1.44 bits per heavy atom. The number of aliphatic carboxylic acids is 1. The van der Waals surface area contributed by atoms with Crippen molar-refractivity contribution in [1.29, 1.82) is 0 Å². The number of carbonyl (C=O) groups excluding carboxylic acids is 1. The third kappa shape index (κ3) is 4.27. The molecule has 0 aliphatic carbocycles. The van der Waals surface area contributed by atoms with Crippen molar-refractivity contribution in [2.75, 3.05) is 13.2 Å². The molecule has 2 N–H and O–H groups in total. The first-order valence-electron chi connectivity index (χ1n) is 5.78. The normalized spacial score (nSPS) is 16.9. The number of carbonyl (C=O) groups is 2. The van der Waals surface area contributed by atoms with E-state index >= 15 is 0 Å². The Hall–Kier alpha value is -1.72. The van der Waals surface area contributed by atoms with Crippen molar-refractivity contribution >= 4 is 11.9 Å². The summed E-state index contributed by atoms with van der Waals surface area (Å²) in [7, 11) is 0. The maximum absolute atomic E-state index is 11.9. The SMILES string of the molecule is CC(C)(C)C(CC(=O)O)NC(=O)C1=COCCO1. The van der Waals surface area contributed by atoms with Crippen LogP contribution in [0, 0.1) is 5.41 Å². The molecule has 1 unspecified atom stereocenters. The lowest BCUT2D eigenvalue weighted by atomic mass is 9.84. The zero-order chi connectivity index (χ0) is 13.8. The van der Waals surface area contributed by atoms with Crippen LogP contribution < -0.4 is 5.32 Å². The Labute approximate surface area is 106 Å². The summed E-state index contributed by atoms with van der Waals surface area (Å²) < 4.78 is 10.1. The summed E-state index contributed by atoms with van der Waals surface area (Å²) in [5.41, 5.74) is -0.357. The van der Waals surface area contributed by atoms with Gasteiger partial charge in [-0.25, -0.2) is 0 Å². The van der Waals surface area contributed by atoms with Gasteiger partial charge in [-0.1, -0.05) is 20.8 Å². The van der Waals surface area contributed by atoms with Crippen LogP contribution >= 0.6 is 0 Å². The Morgan fingerprint density at radius 2 is 2.11 bits per heavy atom. The van der Waals surface area contributed by atoms with E-state index in [1.165, 1.54) is 6.26 Å². The van der Waals surface area contributed by atoms with Crippen LogP contribution in [0.3, 0.4) is 0 Å². The van der Waals surface area contributed by atoms with E-state index in [4.69, 9.17) is 14.6 Å². The fraction of sp³-hybridized carbons (Fsp3) is 0.667. The number of hydrogen-bond acceptors (Lipinski definition) is 4. The molecule has 0 radical (unpaired) electrons. The van der Waals surface area contributed by atoms with Crippen molar-refractivity contribution in [3.63, 3.8) is 0 Å². The molecule has 0 fully saturated rings. The summed E-state index contributed by atoms with van der Waals surface area (Å²) in [5, 5.41) is 11.5. The second-order valence-electron chi connectivity index (χ2n) is 5.19. The van der Waals surface area contributed by atoms with E-state index in [0.29, 0.717) is 13.2 Å². The number of carboxylic acid groups (broad SMARTS) is 1. The van der Waals surface area contributed by atoms with E-state index in [9.17, 15) is 9.59 Å². The zero-order valence-electron chi connectivity index (χ0n) is 10.9. The Balaban J connectivity index is 2.68. The van der Waals surface area contributed by atoms with Crippen molar-refractivity contribution in [1.82, 2.24) is 5.32 Å². The second-order valence-corrected chi connectivity index (χ2v) is 5.19. The molecule has 6 heteroatoms. The molecule has 6 nitrogen and oxygen atoms in total. The van der Waals surface area contributed by atoms with E-state index in [1.807, 2.05) is 20.8 Å². The molecule has 0 bridgehead atoms. The Morgan fingerprint density at radius 3 is 2.56 bits per heavy atom. The molecular weight excluding hydrogens is 238 g/mol. The number of hydrogen-bond donors (Lipinski definition) is 2. The van der Waals surface area contributed by atoms with E-state index < -0.39 is 17.9 Å². The lowest BCUT2D eigenvalue weighted by Crippen LogP contribution is -2.46. The lowest BCUT2D eigenvalue weighted by molar-refractivity contribution is -0.138. The zero-order valence-corrected chi connectivity index (χ0v) is 10.9. The molecule has 0 saturated heterocycles. The maximum Gasteiger partial charge on any atom is 0.305 e. The van der Waals surface area contributed by atoms with Gasteiger partial charge in [0.15, 0.2) is 0 Å². The molecule has 1 rings (SSSR count). The van der Waals surface area contributed by atoms with E-state index in [2.05, 4.69) is 5.32 Å². The molecule has 102 valence electrons. The third-order valence-corrected chi connectivity index (χ3v) is 2.60. The van der Waals surface area contributed by atoms with Crippen LogP contribution in [0.1, 0.15) is 27.2 Å². The summed E-state index contributed by atoms with van der Waals surface area (Å²) in [4.78, 5) is 22.7. The van der Waals surface area contributed by atoms with Gasteiger partial charge in [0.2, 0.25) is 5.76 Å². The van der Waals surface area contributed by atoms with E-state index in [1.54, 1.807) is 0 Å². The molecular formula is C12H19NO5. The van der Waals surface area contributed by atoms with Gasteiger partial charge in [0.1, 0.15) is 19.5 Å². The van der Waals surface area contributed by atoms with Crippen molar-refractivity contribution in [3.05, 3.63) is 12.0 Å². The first-order valence-corrected chi connectivity index (χ1v) is 5.78. The van der Waals surface area contributed by atoms with Gasteiger partial charge in [-0.15, -0.1) is 0 Å². The summed E-state index contributed by atoms with van der Waals surface area (Å²) in [5.74, 6) is -1.32. The molecule has 1 amide bonds. The molecule has 0 aromatic carbocycles. The summed E-state index contributed by atoms with van der Waals surface area (Å²) in [6.07, 6.45) is 1.11. The van der Waals surface area contributed by atoms with Gasteiger partial charge in [-0.05, 0) is 5.41 Å². The first kappa shape index (κ1) is 14.3. The average Bonchev–Trinajstić information content (AvgIpc) is 2.27. The minimum Gasteiger partial charge on any atom is -0.494 e. The molecule has 0 aromatic rings. The van der Waals surface area contributed by atoms with Gasteiger partial charge in [0.05, 0.1) is 6.42 Å². The van der Waals surface area contributed by atoms with Crippen molar-refractivity contribution in [2.45, 2.75) is 33.2 Å². The van der Waals surface area contributed by atoms with Crippen molar-refractivity contribution < 1.29 is 24.2 Å². The van der Waals surface area contributed by atoms with Crippen molar-refractivity contribution in [3.8, 4) is 0 Å². The van der Waals surface area contributed by atoms with Crippen LogP contribution in [0.15, 0.2) is 12.0 Å². The van der Waals surface area contributed by atoms with Gasteiger partial charge in [0.25, 0.3) is 5.91 Å². The molecule has 1 aliphatic heterocycles. The minimum absolute atomic E-state index is 0.0842. The Kier molecular flexibility index (Phi) is 4.58. The van der Waals surface area contributed by atoms with Crippen LogP contribution in [-0.2, 0) is 19.1 Å².